The minimum Gasteiger partial charge on any atom is -0.469 e. The molecule has 2 aromatic heterocycles. The van der Waals surface area contributed by atoms with E-state index in [1.165, 1.54) is 20.4 Å². The lowest BCUT2D eigenvalue weighted by molar-refractivity contribution is 0.0594. The third-order valence-electron chi connectivity index (χ3n) is 3.00. The molecule has 0 atom stereocenters. The summed E-state index contributed by atoms with van der Waals surface area (Å²) in [5.74, 6) is -0.0575. The van der Waals surface area contributed by atoms with Crippen LogP contribution in [0.5, 0.6) is 0 Å². The fourth-order valence-corrected chi connectivity index (χ4v) is 2.78. The van der Waals surface area contributed by atoms with Crippen LogP contribution in [0.15, 0.2) is 27.8 Å². The lowest BCUT2D eigenvalue weighted by atomic mass is 10.3. The van der Waals surface area contributed by atoms with Gasteiger partial charge in [0.05, 0.1) is 13.4 Å². The maximum Gasteiger partial charge on any atom is 0.358 e. The van der Waals surface area contributed by atoms with Crippen molar-refractivity contribution < 1.29 is 22.4 Å². The first kappa shape index (κ1) is 15.3. The van der Waals surface area contributed by atoms with Gasteiger partial charge in [-0.25, -0.2) is 13.2 Å². The highest BCUT2D eigenvalue weighted by Crippen LogP contribution is 2.18. The van der Waals surface area contributed by atoms with Crippen molar-refractivity contribution in [2.24, 2.45) is 0 Å². The Kier molecular flexibility index (Phi) is 4.14. The topological polar surface area (TPSA) is 106 Å². The molecule has 21 heavy (non-hydrogen) atoms. The van der Waals surface area contributed by atoms with Gasteiger partial charge in [0, 0.05) is 25.2 Å². The third-order valence-corrected chi connectivity index (χ3v) is 4.71. The van der Waals surface area contributed by atoms with E-state index in [2.05, 4.69) is 14.9 Å². The predicted molar refractivity (Wildman–Crippen MR) is 72.0 cm³/mol. The van der Waals surface area contributed by atoms with Crippen LogP contribution in [0, 0.1) is 6.92 Å². The summed E-state index contributed by atoms with van der Waals surface area (Å²) in [5, 5.41) is 5.78. The second-order valence-corrected chi connectivity index (χ2v) is 6.39. The number of carbonyl (C=O) groups excluding carboxylic acids is 1. The molecule has 0 aliphatic rings. The van der Waals surface area contributed by atoms with E-state index in [-0.39, 0.29) is 17.3 Å². The summed E-state index contributed by atoms with van der Waals surface area (Å²) >= 11 is 0. The van der Waals surface area contributed by atoms with Gasteiger partial charge in [-0.1, -0.05) is 0 Å². The van der Waals surface area contributed by atoms with Crippen molar-refractivity contribution >= 4 is 16.0 Å². The SMILES string of the molecule is COC(=O)c1cc(S(=O)(=O)N(C)Cc2ccoc2C)[nH]n1. The van der Waals surface area contributed by atoms with Crippen molar-refractivity contribution in [3.05, 3.63) is 35.4 Å². The van der Waals surface area contributed by atoms with Gasteiger partial charge < -0.3 is 9.15 Å². The Labute approximate surface area is 121 Å². The maximum absolute atomic E-state index is 12.4. The molecule has 0 fully saturated rings. The molecule has 1 N–H and O–H groups in total. The van der Waals surface area contributed by atoms with Crippen molar-refractivity contribution in [1.29, 1.82) is 0 Å². The number of hydrogen-bond donors (Lipinski definition) is 1. The molecule has 0 radical (unpaired) electrons. The summed E-state index contributed by atoms with van der Waals surface area (Å²) in [7, 11) is -1.16. The molecular formula is C12H15N3O5S. The number of H-pyrrole nitrogens is 1. The minimum atomic E-state index is -3.79. The first-order valence-corrected chi connectivity index (χ1v) is 7.43. The lowest BCUT2D eigenvalue weighted by Gasteiger charge is -2.15. The Morgan fingerprint density at radius 3 is 2.81 bits per heavy atom. The van der Waals surface area contributed by atoms with Crippen LogP contribution in [-0.4, -0.2) is 43.0 Å². The number of furan rings is 1. The molecule has 0 aliphatic carbocycles. The maximum atomic E-state index is 12.4. The summed E-state index contributed by atoms with van der Waals surface area (Å²) in [4.78, 5) is 11.3. The minimum absolute atomic E-state index is 0.0935. The number of nitrogens with zero attached hydrogens (tertiary/aromatic N) is 2. The molecule has 114 valence electrons. The average Bonchev–Trinajstić information content (AvgIpc) is 3.08. The van der Waals surface area contributed by atoms with Gasteiger partial charge in [-0.3, -0.25) is 5.10 Å². The Bertz CT molecular complexity index is 747. The Hall–Kier alpha value is -2.13. The molecule has 0 spiro atoms. The van der Waals surface area contributed by atoms with Gasteiger partial charge in [0.1, 0.15) is 5.76 Å². The molecule has 0 saturated carbocycles. The molecule has 0 aromatic carbocycles. The smallest absolute Gasteiger partial charge is 0.358 e. The fourth-order valence-electron chi connectivity index (χ4n) is 1.71. The van der Waals surface area contributed by atoms with Crippen LogP contribution in [0.25, 0.3) is 0 Å². The Morgan fingerprint density at radius 1 is 1.52 bits per heavy atom. The number of nitrogens with one attached hydrogen (secondary N) is 1. The summed E-state index contributed by atoms with van der Waals surface area (Å²) in [6.45, 7) is 1.90. The van der Waals surface area contributed by atoms with Crippen molar-refractivity contribution in [1.82, 2.24) is 14.5 Å². The lowest BCUT2D eigenvalue weighted by Crippen LogP contribution is -2.26. The number of carbonyl (C=O) groups is 1. The van der Waals surface area contributed by atoms with Crippen LogP contribution in [-0.2, 0) is 21.3 Å². The first-order chi connectivity index (χ1) is 9.86. The van der Waals surface area contributed by atoms with Gasteiger partial charge in [-0.15, -0.1) is 0 Å². The fraction of sp³-hybridized carbons (Fsp3) is 0.333. The summed E-state index contributed by atoms with van der Waals surface area (Å²) < 4.78 is 35.5. The van der Waals surface area contributed by atoms with E-state index in [0.717, 1.165) is 15.9 Å². The van der Waals surface area contributed by atoms with E-state index in [9.17, 15) is 13.2 Å². The molecule has 0 bridgehead atoms. The van der Waals surface area contributed by atoms with Gasteiger partial charge in [0.2, 0.25) is 0 Å². The molecule has 8 nitrogen and oxygen atoms in total. The number of sulfonamides is 1. The highest BCUT2D eigenvalue weighted by atomic mass is 32.2. The Morgan fingerprint density at radius 2 is 2.24 bits per heavy atom. The zero-order chi connectivity index (χ0) is 15.6. The van der Waals surface area contributed by atoms with Crippen LogP contribution in [0.2, 0.25) is 0 Å². The first-order valence-electron chi connectivity index (χ1n) is 5.99. The second-order valence-electron chi connectivity index (χ2n) is 4.37. The molecule has 0 amide bonds. The second kappa shape index (κ2) is 5.70. The number of aryl methyl sites for hydroxylation is 1. The zero-order valence-corrected chi connectivity index (χ0v) is 12.6. The number of hydrogen-bond acceptors (Lipinski definition) is 6. The quantitative estimate of drug-likeness (QED) is 0.823. The van der Waals surface area contributed by atoms with Crippen molar-refractivity contribution in [2.45, 2.75) is 18.5 Å². The summed E-state index contributed by atoms with van der Waals surface area (Å²) in [6.07, 6.45) is 1.50. The van der Waals surface area contributed by atoms with Crippen molar-refractivity contribution in [3.8, 4) is 0 Å². The number of esters is 1. The number of methoxy groups -OCH3 is 1. The van der Waals surface area contributed by atoms with Crippen LogP contribution in [0.3, 0.4) is 0 Å². The van der Waals surface area contributed by atoms with Crippen molar-refractivity contribution in [3.63, 3.8) is 0 Å². The van der Waals surface area contributed by atoms with E-state index < -0.39 is 16.0 Å². The van der Waals surface area contributed by atoms with Gasteiger partial charge in [-0.05, 0) is 13.0 Å². The highest BCUT2D eigenvalue weighted by Gasteiger charge is 2.25. The van der Waals surface area contributed by atoms with Gasteiger partial charge >= 0.3 is 5.97 Å². The van der Waals surface area contributed by atoms with E-state index in [1.807, 2.05) is 0 Å². The van der Waals surface area contributed by atoms with Crippen LogP contribution in [0.1, 0.15) is 21.8 Å². The summed E-state index contributed by atoms with van der Waals surface area (Å²) in [5.41, 5.74) is 0.665. The third kappa shape index (κ3) is 2.98. The number of rotatable bonds is 5. The van der Waals surface area contributed by atoms with Gasteiger partial charge in [0.15, 0.2) is 10.7 Å². The monoisotopic (exact) mass is 313 g/mol. The van der Waals surface area contributed by atoms with Gasteiger partial charge in [0.25, 0.3) is 10.0 Å². The van der Waals surface area contributed by atoms with E-state index >= 15 is 0 Å². The Balaban J connectivity index is 2.23. The summed E-state index contributed by atoms with van der Waals surface area (Å²) in [6, 6.07) is 2.84. The molecule has 2 rings (SSSR count). The van der Waals surface area contributed by atoms with Crippen molar-refractivity contribution in [2.75, 3.05) is 14.2 Å². The molecule has 0 unspecified atom stereocenters. The highest BCUT2D eigenvalue weighted by molar-refractivity contribution is 7.89. The molecule has 0 aliphatic heterocycles. The van der Waals surface area contributed by atoms with Crippen LogP contribution < -0.4 is 0 Å². The molecule has 0 saturated heterocycles. The normalized spacial score (nSPS) is 11.8. The van der Waals surface area contributed by atoms with Gasteiger partial charge in [-0.2, -0.15) is 9.40 Å². The molecule has 9 heteroatoms. The standard InChI is InChI=1S/C12H15N3O5S/c1-8-9(4-5-20-8)7-15(2)21(17,18)11-6-10(13-14-11)12(16)19-3/h4-6H,7H2,1-3H3,(H,13,14). The van der Waals surface area contributed by atoms with E-state index in [4.69, 9.17) is 4.42 Å². The number of aromatic amines is 1. The zero-order valence-electron chi connectivity index (χ0n) is 11.8. The predicted octanol–water partition coefficient (Wildman–Crippen LogP) is 0.918. The largest absolute Gasteiger partial charge is 0.469 e. The molecular weight excluding hydrogens is 298 g/mol. The number of aromatic nitrogens is 2. The molecule has 2 aromatic rings. The molecule has 2 heterocycles. The van der Waals surface area contributed by atoms with E-state index in [0.29, 0.717) is 5.76 Å². The van der Waals surface area contributed by atoms with E-state index in [1.54, 1.807) is 13.0 Å². The average molecular weight is 313 g/mol. The number of ether oxygens (including phenoxy) is 1. The van der Waals surface area contributed by atoms with Crippen LogP contribution in [0.4, 0.5) is 0 Å². The van der Waals surface area contributed by atoms with Crippen LogP contribution >= 0.6 is 0 Å².